The van der Waals surface area contributed by atoms with E-state index in [-0.39, 0.29) is 29.3 Å². The van der Waals surface area contributed by atoms with Crippen LogP contribution < -0.4 is 0 Å². The van der Waals surface area contributed by atoms with Gasteiger partial charge < -0.3 is 14.4 Å². The summed E-state index contributed by atoms with van der Waals surface area (Å²) in [5.41, 5.74) is 0. The number of amides is 1. The largest absolute Gasteiger partial charge is 0.468 e. The Morgan fingerprint density at radius 2 is 2.15 bits per heavy atom. The predicted octanol–water partition coefficient (Wildman–Crippen LogP) is 1.45. The van der Waals surface area contributed by atoms with Crippen LogP contribution in [0.25, 0.3) is 0 Å². The summed E-state index contributed by atoms with van der Waals surface area (Å²) in [4.78, 5) is 25.7. The molecule has 20 heavy (non-hydrogen) atoms. The van der Waals surface area contributed by atoms with Gasteiger partial charge >= 0.3 is 5.97 Å². The number of carbonyl (C=O) groups is 2. The molecule has 0 aromatic heterocycles. The molecule has 0 bridgehead atoms. The highest BCUT2D eigenvalue weighted by Crippen LogP contribution is 2.29. The summed E-state index contributed by atoms with van der Waals surface area (Å²) in [6.07, 6.45) is 4.66. The molecule has 0 spiro atoms. The summed E-state index contributed by atoms with van der Waals surface area (Å²) in [5.74, 6) is 0.172. The van der Waals surface area contributed by atoms with Crippen molar-refractivity contribution in [3.8, 4) is 0 Å². The van der Waals surface area contributed by atoms with Crippen molar-refractivity contribution in [3.05, 3.63) is 0 Å². The van der Waals surface area contributed by atoms with Crippen LogP contribution in [-0.2, 0) is 19.1 Å². The Morgan fingerprint density at radius 3 is 2.90 bits per heavy atom. The predicted molar refractivity (Wildman–Crippen MR) is 77.6 cm³/mol. The van der Waals surface area contributed by atoms with Gasteiger partial charge in [-0.05, 0) is 19.8 Å². The average molecular weight is 301 g/mol. The van der Waals surface area contributed by atoms with Crippen molar-refractivity contribution in [2.75, 3.05) is 26.0 Å². The second-order valence-electron chi connectivity index (χ2n) is 5.32. The number of rotatable bonds is 4. The van der Waals surface area contributed by atoms with Gasteiger partial charge in [0, 0.05) is 6.54 Å². The number of fused-ring (bicyclic) bond motifs is 1. The maximum Gasteiger partial charge on any atom is 0.318 e. The lowest BCUT2D eigenvalue weighted by molar-refractivity contribution is -0.146. The van der Waals surface area contributed by atoms with E-state index in [0.29, 0.717) is 18.9 Å². The minimum Gasteiger partial charge on any atom is -0.468 e. The van der Waals surface area contributed by atoms with E-state index in [1.807, 2.05) is 4.90 Å². The molecule has 114 valence electrons. The van der Waals surface area contributed by atoms with Crippen molar-refractivity contribution < 1.29 is 19.1 Å². The first-order chi connectivity index (χ1) is 9.63. The quantitative estimate of drug-likeness (QED) is 0.736. The first-order valence-electron chi connectivity index (χ1n) is 7.24. The molecule has 1 aliphatic carbocycles. The number of morpholine rings is 1. The third-order valence-corrected chi connectivity index (χ3v) is 5.15. The smallest absolute Gasteiger partial charge is 0.318 e. The number of hydrogen-bond donors (Lipinski definition) is 0. The van der Waals surface area contributed by atoms with E-state index >= 15 is 0 Å². The van der Waals surface area contributed by atoms with Crippen LogP contribution in [0.4, 0.5) is 0 Å². The Hall–Kier alpha value is -0.750. The first kappa shape index (κ1) is 15.6. The zero-order chi connectivity index (χ0) is 14.5. The van der Waals surface area contributed by atoms with E-state index in [1.165, 1.54) is 31.7 Å². The molecule has 0 unspecified atom stereocenters. The van der Waals surface area contributed by atoms with Gasteiger partial charge in [0.25, 0.3) is 0 Å². The zero-order valence-electron chi connectivity index (χ0n) is 12.2. The van der Waals surface area contributed by atoms with Crippen LogP contribution in [0.15, 0.2) is 0 Å². The molecule has 6 heteroatoms. The number of carbonyl (C=O) groups excluding carboxylic acids is 2. The normalized spacial score (nSPS) is 27.6. The van der Waals surface area contributed by atoms with Gasteiger partial charge in [-0.3, -0.25) is 9.59 Å². The van der Waals surface area contributed by atoms with Gasteiger partial charge in [-0.2, -0.15) is 0 Å². The SMILES string of the molecule is COC(=O)[C@H](C)SCC(=O)N1CCO[C@@H]2CCCC[C@@H]21. The highest BCUT2D eigenvalue weighted by Gasteiger charge is 2.36. The molecule has 2 fully saturated rings. The minimum absolute atomic E-state index is 0.117. The van der Waals surface area contributed by atoms with Crippen molar-refractivity contribution >= 4 is 23.6 Å². The van der Waals surface area contributed by atoms with Crippen LogP contribution in [-0.4, -0.2) is 60.2 Å². The van der Waals surface area contributed by atoms with E-state index in [9.17, 15) is 9.59 Å². The van der Waals surface area contributed by atoms with Gasteiger partial charge in [0.2, 0.25) is 5.91 Å². The lowest BCUT2D eigenvalue weighted by Gasteiger charge is -2.43. The average Bonchev–Trinajstić information content (AvgIpc) is 2.50. The third kappa shape index (κ3) is 3.67. The topological polar surface area (TPSA) is 55.8 Å². The number of thioether (sulfide) groups is 1. The molecule has 1 aliphatic heterocycles. The summed E-state index contributed by atoms with van der Waals surface area (Å²) in [6, 6.07) is 0.235. The van der Waals surface area contributed by atoms with Crippen LogP contribution >= 0.6 is 11.8 Å². The molecule has 0 N–H and O–H groups in total. The van der Waals surface area contributed by atoms with Crippen molar-refractivity contribution in [2.24, 2.45) is 0 Å². The fourth-order valence-electron chi connectivity index (χ4n) is 2.92. The van der Waals surface area contributed by atoms with E-state index < -0.39 is 0 Å². The second-order valence-corrected chi connectivity index (χ2v) is 6.65. The maximum atomic E-state index is 12.4. The van der Waals surface area contributed by atoms with Crippen molar-refractivity contribution in [3.63, 3.8) is 0 Å². The molecule has 1 heterocycles. The standard InChI is InChI=1S/C14H23NO4S/c1-10(14(17)18-2)20-9-13(16)15-7-8-19-12-6-4-3-5-11(12)15/h10-12H,3-9H2,1-2H3/t10-,11-,12+/m0/s1. The Balaban J connectivity index is 1.86. The molecule has 3 atom stereocenters. The minimum atomic E-state index is -0.299. The second kappa shape index (κ2) is 7.31. The highest BCUT2D eigenvalue weighted by molar-refractivity contribution is 8.01. The van der Waals surface area contributed by atoms with E-state index in [2.05, 4.69) is 4.74 Å². The monoisotopic (exact) mass is 301 g/mol. The van der Waals surface area contributed by atoms with Gasteiger partial charge in [-0.15, -0.1) is 11.8 Å². The van der Waals surface area contributed by atoms with Crippen molar-refractivity contribution in [1.82, 2.24) is 4.90 Å². The summed E-state index contributed by atoms with van der Waals surface area (Å²) in [5, 5.41) is -0.299. The Bertz CT molecular complexity index is 361. The fraction of sp³-hybridized carbons (Fsp3) is 0.857. The van der Waals surface area contributed by atoms with Gasteiger partial charge in [-0.1, -0.05) is 12.8 Å². The molecule has 0 radical (unpaired) electrons. The molecule has 2 aliphatic rings. The van der Waals surface area contributed by atoms with Crippen LogP contribution in [0, 0.1) is 0 Å². The van der Waals surface area contributed by atoms with Crippen LogP contribution in [0.2, 0.25) is 0 Å². The van der Waals surface area contributed by atoms with Gasteiger partial charge in [0.15, 0.2) is 0 Å². The lowest BCUT2D eigenvalue weighted by atomic mass is 9.90. The fourth-order valence-corrected chi connectivity index (χ4v) is 3.71. The van der Waals surface area contributed by atoms with Gasteiger partial charge in [0.1, 0.15) is 5.25 Å². The third-order valence-electron chi connectivity index (χ3n) is 4.04. The Kier molecular flexibility index (Phi) is 5.72. The summed E-state index contributed by atoms with van der Waals surface area (Å²) in [6.45, 7) is 3.07. The van der Waals surface area contributed by atoms with E-state index in [1.54, 1.807) is 6.92 Å². The number of ether oxygens (including phenoxy) is 2. The molecular formula is C14H23NO4S. The molecule has 1 saturated heterocycles. The van der Waals surface area contributed by atoms with Gasteiger partial charge in [0.05, 0.1) is 31.6 Å². The Morgan fingerprint density at radius 1 is 1.40 bits per heavy atom. The van der Waals surface area contributed by atoms with E-state index in [0.717, 1.165) is 12.8 Å². The lowest BCUT2D eigenvalue weighted by Crippen LogP contribution is -2.55. The van der Waals surface area contributed by atoms with Crippen LogP contribution in [0.3, 0.4) is 0 Å². The number of hydrogen-bond acceptors (Lipinski definition) is 5. The zero-order valence-corrected chi connectivity index (χ0v) is 13.0. The molecule has 5 nitrogen and oxygen atoms in total. The van der Waals surface area contributed by atoms with Crippen molar-refractivity contribution in [1.29, 1.82) is 0 Å². The molecule has 0 aromatic rings. The maximum absolute atomic E-state index is 12.4. The molecule has 1 saturated carbocycles. The summed E-state index contributed by atoms with van der Waals surface area (Å²) >= 11 is 1.34. The first-order valence-corrected chi connectivity index (χ1v) is 8.29. The molecule has 2 rings (SSSR count). The number of methoxy groups -OCH3 is 1. The van der Waals surface area contributed by atoms with E-state index in [4.69, 9.17) is 4.74 Å². The Labute approximate surface area is 124 Å². The highest BCUT2D eigenvalue weighted by atomic mass is 32.2. The summed E-state index contributed by atoms with van der Waals surface area (Å²) in [7, 11) is 1.37. The van der Waals surface area contributed by atoms with Crippen LogP contribution in [0.5, 0.6) is 0 Å². The van der Waals surface area contributed by atoms with Crippen LogP contribution in [0.1, 0.15) is 32.6 Å². The number of nitrogens with zero attached hydrogens (tertiary/aromatic N) is 1. The molecule has 1 amide bonds. The van der Waals surface area contributed by atoms with Gasteiger partial charge in [-0.25, -0.2) is 0 Å². The summed E-state index contributed by atoms with van der Waals surface area (Å²) < 4.78 is 10.4. The molecular weight excluding hydrogens is 278 g/mol. The molecule has 0 aromatic carbocycles. The number of esters is 1. The van der Waals surface area contributed by atoms with Crippen molar-refractivity contribution in [2.45, 2.75) is 50.0 Å².